The predicted molar refractivity (Wildman–Crippen MR) is 107 cm³/mol. The van der Waals surface area contributed by atoms with E-state index in [0.717, 1.165) is 19.3 Å². The van der Waals surface area contributed by atoms with Crippen LogP contribution in [0, 0.1) is 5.92 Å². The number of carbonyl (C=O) groups excluding carboxylic acids is 1. The summed E-state index contributed by atoms with van der Waals surface area (Å²) in [7, 11) is -2.23. The van der Waals surface area contributed by atoms with Crippen LogP contribution in [0.25, 0.3) is 0 Å². The van der Waals surface area contributed by atoms with Crippen molar-refractivity contribution in [3.05, 3.63) is 72.3 Å². The number of para-hydroxylation sites is 1. The van der Waals surface area contributed by atoms with Crippen molar-refractivity contribution in [3.63, 3.8) is 0 Å². The summed E-state index contributed by atoms with van der Waals surface area (Å²) in [6.07, 6.45) is 7.38. The van der Waals surface area contributed by atoms with E-state index in [4.69, 9.17) is 0 Å². The van der Waals surface area contributed by atoms with E-state index in [1.807, 2.05) is 6.07 Å². The van der Waals surface area contributed by atoms with Gasteiger partial charge in [-0.3, -0.25) is 9.10 Å². The zero-order valence-corrected chi connectivity index (χ0v) is 16.2. The Kier molecular flexibility index (Phi) is 5.96. The minimum Gasteiger partial charge on any atom is -0.352 e. The molecule has 0 spiro atoms. The van der Waals surface area contributed by atoms with Crippen LogP contribution < -0.4 is 9.62 Å². The number of amides is 1. The molecule has 1 amide bonds. The summed E-state index contributed by atoms with van der Waals surface area (Å²) in [5.74, 6) is 0.194. The average Bonchev–Trinajstić information content (AvgIpc) is 2.73. The predicted octanol–water partition coefficient (Wildman–Crippen LogP) is 3.60. The summed E-state index contributed by atoms with van der Waals surface area (Å²) in [5, 5.41) is 2.93. The van der Waals surface area contributed by atoms with Gasteiger partial charge in [0.25, 0.3) is 15.9 Å². The maximum atomic E-state index is 12.9. The first-order valence-electron chi connectivity index (χ1n) is 9.06. The Morgan fingerprint density at radius 1 is 1.11 bits per heavy atom. The summed E-state index contributed by atoms with van der Waals surface area (Å²) in [4.78, 5) is 12.6. The maximum absolute atomic E-state index is 12.9. The van der Waals surface area contributed by atoms with Gasteiger partial charge in [0, 0.05) is 19.2 Å². The lowest BCUT2D eigenvalue weighted by Crippen LogP contribution is -2.30. The Bertz CT molecular complexity index is 923. The highest BCUT2D eigenvalue weighted by molar-refractivity contribution is 7.92. The zero-order valence-electron chi connectivity index (χ0n) is 15.3. The van der Waals surface area contributed by atoms with Crippen LogP contribution in [0.3, 0.4) is 0 Å². The van der Waals surface area contributed by atoms with Crippen LogP contribution in [0.2, 0.25) is 0 Å². The molecule has 0 radical (unpaired) electrons. The number of nitrogens with zero attached hydrogens (tertiary/aromatic N) is 1. The highest BCUT2D eigenvalue weighted by Crippen LogP contribution is 2.22. The Morgan fingerprint density at radius 2 is 1.89 bits per heavy atom. The molecule has 0 fully saturated rings. The maximum Gasteiger partial charge on any atom is 0.264 e. The van der Waals surface area contributed by atoms with Crippen molar-refractivity contribution in [1.29, 1.82) is 0 Å². The van der Waals surface area contributed by atoms with E-state index >= 15 is 0 Å². The van der Waals surface area contributed by atoms with E-state index in [0.29, 0.717) is 23.7 Å². The van der Waals surface area contributed by atoms with Gasteiger partial charge in [0.05, 0.1) is 10.6 Å². The van der Waals surface area contributed by atoms with Crippen LogP contribution in [0.1, 0.15) is 29.6 Å². The molecule has 2 aromatic rings. The lowest BCUT2D eigenvalue weighted by Gasteiger charge is -2.20. The molecule has 142 valence electrons. The van der Waals surface area contributed by atoms with E-state index in [2.05, 4.69) is 17.5 Å². The quantitative estimate of drug-likeness (QED) is 0.774. The van der Waals surface area contributed by atoms with Crippen molar-refractivity contribution < 1.29 is 13.2 Å². The highest BCUT2D eigenvalue weighted by Gasteiger charge is 2.22. The fraction of sp³-hybridized carbons (Fsp3) is 0.286. The topological polar surface area (TPSA) is 66.5 Å². The molecule has 1 aliphatic rings. The largest absolute Gasteiger partial charge is 0.352 e. The molecule has 0 bridgehead atoms. The number of carbonyl (C=O) groups is 1. The smallest absolute Gasteiger partial charge is 0.264 e. The van der Waals surface area contributed by atoms with Gasteiger partial charge >= 0.3 is 0 Å². The second-order valence-electron chi connectivity index (χ2n) is 6.70. The summed E-state index contributed by atoms with van der Waals surface area (Å²) in [6.45, 7) is 0.601. The molecule has 0 heterocycles. The minimum atomic E-state index is -3.74. The number of nitrogens with one attached hydrogen (secondary N) is 1. The Balaban J connectivity index is 1.74. The second kappa shape index (κ2) is 8.39. The van der Waals surface area contributed by atoms with Gasteiger partial charge in [0.2, 0.25) is 0 Å². The zero-order chi connectivity index (χ0) is 19.3. The third-order valence-electron chi connectivity index (χ3n) is 4.80. The minimum absolute atomic E-state index is 0.0992. The molecule has 3 rings (SSSR count). The van der Waals surface area contributed by atoms with Crippen LogP contribution >= 0.6 is 0 Å². The van der Waals surface area contributed by atoms with Crippen molar-refractivity contribution in [1.82, 2.24) is 5.32 Å². The van der Waals surface area contributed by atoms with E-state index in [1.165, 1.54) is 23.5 Å². The lowest BCUT2D eigenvalue weighted by molar-refractivity contribution is 0.0946. The fourth-order valence-corrected chi connectivity index (χ4v) is 4.36. The van der Waals surface area contributed by atoms with E-state index in [-0.39, 0.29) is 10.8 Å². The van der Waals surface area contributed by atoms with Crippen LogP contribution in [0.4, 0.5) is 5.69 Å². The first-order valence-corrected chi connectivity index (χ1v) is 10.5. The second-order valence-corrected chi connectivity index (χ2v) is 8.67. The number of benzene rings is 2. The molecule has 27 heavy (non-hydrogen) atoms. The fourth-order valence-electron chi connectivity index (χ4n) is 3.11. The van der Waals surface area contributed by atoms with Crippen molar-refractivity contribution in [2.75, 3.05) is 17.9 Å². The van der Waals surface area contributed by atoms with Crippen LogP contribution in [-0.4, -0.2) is 27.9 Å². The number of rotatable bonds is 6. The van der Waals surface area contributed by atoms with Crippen LogP contribution in [-0.2, 0) is 10.0 Å². The molecule has 5 nitrogen and oxygen atoms in total. The normalized spacial score (nSPS) is 16.7. The molecule has 1 N–H and O–H groups in total. The molecule has 1 atom stereocenters. The molecule has 1 unspecified atom stereocenters. The Morgan fingerprint density at radius 3 is 2.59 bits per heavy atom. The van der Waals surface area contributed by atoms with Crippen LogP contribution in [0.15, 0.2) is 71.6 Å². The van der Waals surface area contributed by atoms with Gasteiger partial charge in [-0.05, 0) is 55.5 Å². The van der Waals surface area contributed by atoms with E-state index in [1.54, 1.807) is 36.4 Å². The van der Waals surface area contributed by atoms with Crippen molar-refractivity contribution in [2.24, 2.45) is 5.92 Å². The molecular weight excluding hydrogens is 360 g/mol. The van der Waals surface area contributed by atoms with Gasteiger partial charge in [0.15, 0.2) is 0 Å². The van der Waals surface area contributed by atoms with Gasteiger partial charge in [-0.1, -0.05) is 36.4 Å². The monoisotopic (exact) mass is 384 g/mol. The molecule has 6 heteroatoms. The summed E-state index contributed by atoms with van der Waals surface area (Å²) < 4.78 is 27.0. The van der Waals surface area contributed by atoms with Gasteiger partial charge in [-0.2, -0.15) is 0 Å². The summed E-state index contributed by atoms with van der Waals surface area (Å²) in [6, 6.07) is 15.0. The molecule has 1 aliphatic carbocycles. The Labute approximate surface area is 160 Å². The molecular formula is C21H24N2O3S. The SMILES string of the molecule is CN(c1ccccc1)S(=O)(=O)c1cccc(C(=O)NCC2CC=CCC2)c1. The van der Waals surface area contributed by atoms with Crippen LogP contribution in [0.5, 0.6) is 0 Å². The van der Waals surface area contributed by atoms with Gasteiger partial charge in [0.1, 0.15) is 0 Å². The molecule has 2 aromatic carbocycles. The molecule has 0 saturated carbocycles. The number of hydrogen-bond donors (Lipinski definition) is 1. The van der Waals surface area contributed by atoms with Crippen molar-refractivity contribution in [2.45, 2.75) is 24.2 Å². The van der Waals surface area contributed by atoms with Gasteiger partial charge in [-0.15, -0.1) is 0 Å². The summed E-state index contributed by atoms with van der Waals surface area (Å²) >= 11 is 0. The molecule has 0 saturated heterocycles. The number of sulfonamides is 1. The first-order chi connectivity index (χ1) is 13.0. The third kappa shape index (κ3) is 4.57. The average molecular weight is 385 g/mol. The standard InChI is InChI=1S/C21H24N2O3S/c1-23(19-12-6-3-7-13-19)27(25,26)20-14-8-11-18(15-20)21(24)22-16-17-9-4-2-5-10-17/h2-4,6-8,11-15,17H,5,9-10,16H2,1H3,(H,22,24). The molecule has 0 aliphatic heterocycles. The Hall–Kier alpha value is -2.60. The third-order valence-corrected chi connectivity index (χ3v) is 6.58. The number of allylic oxidation sites excluding steroid dienone is 2. The lowest BCUT2D eigenvalue weighted by atomic mass is 9.94. The summed E-state index contributed by atoms with van der Waals surface area (Å²) in [5.41, 5.74) is 0.918. The van der Waals surface area contributed by atoms with E-state index < -0.39 is 10.0 Å². The number of hydrogen-bond acceptors (Lipinski definition) is 3. The highest BCUT2D eigenvalue weighted by atomic mass is 32.2. The number of anilines is 1. The van der Waals surface area contributed by atoms with E-state index in [9.17, 15) is 13.2 Å². The van der Waals surface area contributed by atoms with Gasteiger partial charge in [-0.25, -0.2) is 8.42 Å². The van der Waals surface area contributed by atoms with Crippen molar-refractivity contribution >= 4 is 21.6 Å². The first kappa shape index (κ1) is 19.2. The van der Waals surface area contributed by atoms with Crippen molar-refractivity contribution in [3.8, 4) is 0 Å². The van der Waals surface area contributed by atoms with Gasteiger partial charge < -0.3 is 5.32 Å². The molecule has 0 aromatic heterocycles.